The van der Waals surface area contributed by atoms with Crippen LogP contribution in [-0.4, -0.2) is 30.4 Å². The molecule has 2 amide bonds. The number of amides is 2. The minimum Gasteiger partial charge on any atom is -0.325 e. The number of aromatic nitrogens is 2. The molecule has 0 aliphatic carbocycles. The molecule has 1 heterocycles. The van der Waals surface area contributed by atoms with E-state index in [0.717, 1.165) is 0 Å². The topological polar surface area (TPSA) is 127 Å². The van der Waals surface area contributed by atoms with Crippen molar-refractivity contribution in [3.05, 3.63) is 53.3 Å². The normalized spacial score (nSPS) is 10.8. The Balaban J connectivity index is 2.00. The summed E-state index contributed by atoms with van der Waals surface area (Å²) in [7, 11) is -4.64. The highest BCUT2D eigenvalue weighted by molar-refractivity contribution is 7.85. The number of hydrogen-bond acceptors (Lipinski definition) is 7. The Morgan fingerprint density at radius 1 is 1.04 bits per heavy atom. The van der Waals surface area contributed by atoms with Gasteiger partial charge in [0.2, 0.25) is 5.95 Å². The molecule has 0 saturated carbocycles. The third-order valence-corrected chi connectivity index (χ3v) is 3.43. The van der Waals surface area contributed by atoms with Crippen LogP contribution in [0.3, 0.4) is 0 Å². The lowest BCUT2D eigenvalue weighted by molar-refractivity contribution is 0.0745. The van der Waals surface area contributed by atoms with E-state index in [9.17, 15) is 18.0 Å². The maximum Gasteiger partial charge on any atom is 0.413 e. The molecule has 9 nitrogen and oxygen atoms in total. The van der Waals surface area contributed by atoms with Gasteiger partial charge in [0.1, 0.15) is 0 Å². The third kappa shape index (κ3) is 5.02. The van der Waals surface area contributed by atoms with Crippen molar-refractivity contribution in [1.82, 2.24) is 14.7 Å². The summed E-state index contributed by atoms with van der Waals surface area (Å²) in [5.74, 6) is -1.19. The van der Waals surface area contributed by atoms with E-state index < -0.39 is 22.3 Å². The van der Waals surface area contributed by atoms with Crippen molar-refractivity contribution < 1.29 is 22.2 Å². The van der Waals surface area contributed by atoms with Crippen LogP contribution in [-0.2, 0) is 14.5 Å². The monoisotopic (exact) mass is 350 g/mol. The van der Waals surface area contributed by atoms with Crippen LogP contribution in [0.15, 0.2) is 36.4 Å². The Morgan fingerprint density at radius 3 is 2.21 bits per heavy atom. The molecule has 0 radical (unpaired) electrons. The van der Waals surface area contributed by atoms with E-state index in [1.807, 2.05) is 0 Å². The lowest BCUT2D eigenvalue weighted by Gasteiger charge is -2.08. The number of carbonyl (C=O) groups is 2. The van der Waals surface area contributed by atoms with Gasteiger partial charge >= 0.3 is 22.3 Å². The van der Waals surface area contributed by atoms with Gasteiger partial charge in [-0.25, -0.2) is 24.3 Å². The summed E-state index contributed by atoms with van der Waals surface area (Å²) in [5, 5.41) is 2.15. The minimum absolute atomic E-state index is 0.0286. The first-order valence-corrected chi connectivity index (χ1v) is 8.11. The molecule has 0 fully saturated rings. The lowest BCUT2D eigenvalue weighted by atomic mass is 10.2. The van der Waals surface area contributed by atoms with Crippen molar-refractivity contribution in [1.29, 1.82) is 0 Å². The SMILES string of the molecule is Cc1cc(C)nc(NC(=O)NS(=O)(=O)OC(=O)c2ccccc2)n1. The Morgan fingerprint density at radius 2 is 1.62 bits per heavy atom. The Kier molecular flexibility index (Phi) is 5.09. The molecule has 10 heteroatoms. The summed E-state index contributed by atoms with van der Waals surface area (Å²) >= 11 is 0. The van der Waals surface area contributed by atoms with Crippen molar-refractivity contribution in [3.63, 3.8) is 0 Å². The highest BCUT2D eigenvalue weighted by Gasteiger charge is 2.21. The molecule has 0 unspecified atom stereocenters. The minimum atomic E-state index is -4.64. The summed E-state index contributed by atoms with van der Waals surface area (Å²) in [5.41, 5.74) is 1.22. The smallest absolute Gasteiger partial charge is 0.325 e. The molecule has 0 aliphatic rings. The molecule has 2 rings (SSSR count). The Hall–Kier alpha value is -3.01. The second kappa shape index (κ2) is 7.04. The number of rotatable bonds is 4. The zero-order chi connectivity index (χ0) is 17.7. The van der Waals surface area contributed by atoms with Gasteiger partial charge < -0.3 is 4.18 Å². The number of hydrogen-bond donors (Lipinski definition) is 2. The second-order valence-electron chi connectivity index (χ2n) is 4.72. The van der Waals surface area contributed by atoms with Gasteiger partial charge in [0.15, 0.2) is 0 Å². The highest BCUT2D eigenvalue weighted by atomic mass is 32.2. The zero-order valence-electron chi connectivity index (χ0n) is 12.8. The highest BCUT2D eigenvalue weighted by Crippen LogP contribution is 2.05. The number of benzene rings is 1. The molecule has 1 aromatic heterocycles. The van der Waals surface area contributed by atoms with Gasteiger partial charge in [-0.2, -0.15) is 8.42 Å². The van der Waals surface area contributed by atoms with E-state index in [0.29, 0.717) is 11.4 Å². The summed E-state index contributed by atoms with van der Waals surface area (Å²) in [6.07, 6.45) is 0. The molecule has 0 aliphatic heterocycles. The van der Waals surface area contributed by atoms with Crippen molar-refractivity contribution in [2.75, 3.05) is 5.32 Å². The van der Waals surface area contributed by atoms with E-state index in [2.05, 4.69) is 19.5 Å². The lowest BCUT2D eigenvalue weighted by Crippen LogP contribution is -2.37. The van der Waals surface area contributed by atoms with Crippen LogP contribution in [0, 0.1) is 13.8 Å². The first kappa shape index (κ1) is 17.3. The first-order valence-electron chi connectivity index (χ1n) is 6.70. The van der Waals surface area contributed by atoms with Crippen LogP contribution in [0.4, 0.5) is 10.7 Å². The molecule has 126 valence electrons. The third-order valence-electron chi connectivity index (χ3n) is 2.62. The molecule has 2 aromatic rings. The van der Waals surface area contributed by atoms with Crippen LogP contribution in [0.2, 0.25) is 0 Å². The molecular formula is C14H14N4O5S. The Labute approximate surface area is 138 Å². The number of urea groups is 1. The Bertz CT molecular complexity index is 848. The van der Waals surface area contributed by atoms with Crippen molar-refractivity contribution in [2.45, 2.75) is 13.8 Å². The average Bonchev–Trinajstić information content (AvgIpc) is 2.45. The van der Waals surface area contributed by atoms with Crippen molar-refractivity contribution >= 4 is 28.3 Å². The first-order chi connectivity index (χ1) is 11.2. The zero-order valence-corrected chi connectivity index (χ0v) is 13.6. The van der Waals surface area contributed by atoms with Gasteiger partial charge in [0, 0.05) is 11.4 Å². The summed E-state index contributed by atoms with van der Waals surface area (Å²) in [6, 6.07) is 8.02. The number of nitrogens with zero attached hydrogens (tertiary/aromatic N) is 2. The molecule has 0 atom stereocenters. The standard InChI is InChI=1S/C14H14N4O5S/c1-9-8-10(2)16-13(15-9)17-14(20)18-24(21,22)23-12(19)11-6-4-3-5-7-11/h3-8H,1-2H3,(H2,15,16,17,18,20). The van der Waals surface area contributed by atoms with Crippen LogP contribution >= 0.6 is 0 Å². The predicted molar refractivity (Wildman–Crippen MR) is 84.4 cm³/mol. The fourth-order valence-electron chi connectivity index (χ4n) is 1.77. The summed E-state index contributed by atoms with van der Waals surface area (Å²) in [6.45, 7) is 3.38. The molecule has 2 N–H and O–H groups in total. The van der Waals surface area contributed by atoms with E-state index in [1.54, 1.807) is 42.8 Å². The number of nitrogens with one attached hydrogen (secondary N) is 2. The maximum absolute atomic E-state index is 11.7. The maximum atomic E-state index is 11.7. The summed E-state index contributed by atoms with van der Waals surface area (Å²) in [4.78, 5) is 31.2. The number of anilines is 1. The van der Waals surface area contributed by atoms with Crippen molar-refractivity contribution in [3.8, 4) is 0 Å². The molecular weight excluding hydrogens is 336 g/mol. The molecule has 0 spiro atoms. The predicted octanol–water partition coefficient (Wildman–Crippen LogP) is 1.32. The van der Waals surface area contributed by atoms with Gasteiger partial charge in [-0.15, -0.1) is 0 Å². The number of aryl methyl sites for hydroxylation is 2. The molecule has 1 aromatic carbocycles. The van der Waals surface area contributed by atoms with Gasteiger partial charge in [-0.05, 0) is 32.0 Å². The fourth-order valence-corrected chi connectivity index (χ4v) is 2.38. The molecule has 24 heavy (non-hydrogen) atoms. The quantitative estimate of drug-likeness (QED) is 0.851. The largest absolute Gasteiger partial charge is 0.413 e. The van der Waals surface area contributed by atoms with Crippen LogP contribution in [0.5, 0.6) is 0 Å². The van der Waals surface area contributed by atoms with Gasteiger partial charge in [0.05, 0.1) is 5.56 Å². The van der Waals surface area contributed by atoms with E-state index >= 15 is 0 Å². The fraction of sp³-hybridized carbons (Fsp3) is 0.143. The van der Waals surface area contributed by atoms with Gasteiger partial charge in [-0.1, -0.05) is 18.2 Å². The van der Waals surface area contributed by atoms with Crippen LogP contribution < -0.4 is 10.0 Å². The van der Waals surface area contributed by atoms with E-state index in [-0.39, 0.29) is 11.5 Å². The van der Waals surface area contributed by atoms with Crippen LogP contribution in [0.1, 0.15) is 21.7 Å². The van der Waals surface area contributed by atoms with E-state index in [4.69, 9.17) is 0 Å². The van der Waals surface area contributed by atoms with Crippen LogP contribution in [0.25, 0.3) is 0 Å². The number of carbonyl (C=O) groups excluding carboxylic acids is 2. The van der Waals surface area contributed by atoms with Crippen molar-refractivity contribution in [2.24, 2.45) is 0 Å². The molecule has 0 saturated heterocycles. The summed E-state index contributed by atoms with van der Waals surface area (Å²) < 4.78 is 29.2. The average molecular weight is 350 g/mol. The second-order valence-corrected chi connectivity index (χ2v) is 6.00. The molecule has 0 bridgehead atoms. The van der Waals surface area contributed by atoms with Gasteiger partial charge in [0.25, 0.3) is 0 Å². The van der Waals surface area contributed by atoms with Gasteiger partial charge in [-0.3, -0.25) is 5.32 Å². The van der Waals surface area contributed by atoms with E-state index in [1.165, 1.54) is 12.1 Å².